The quantitative estimate of drug-likeness (QED) is 0.502. The summed E-state index contributed by atoms with van der Waals surface area (Å²) < 4.78 is 0. The van der Waals surface area contributed by atoms with E-state index in [1.807, 2.05) is 60.7 Å². The third-order valence-corrected chi connectivity index (χ3v) is 1.79. The van der Waals surface area contributed by atoms with Crippen LogP contribution in [0, 0.1) is 0 Å². The van der Waals surface area contributed by atoms with Crippen LogP contribution in [-0.2, 0) is 0 Å². The van der Waals surface area contributed by atoms with E-state index in [0.717, 1.165) is 11.4 Å². The molecule has 0 atom stereocenters. The van der Waals surface area contributed by atoms with Crippen molar-refractivity contribution in [3.05, 3.63) is 60.7 Å². The van der Waals surface area contributed by atoms with Crippen LogP contribution >= 0.6 is 0 Å². The van der Waals surface area contributed by atoms with Gasteiger partial charge in [0.15, 0.2) is 0 Å². The number of benzene rings is 2. The molecule has 0 fully saturated rings. The van der Waals surface area contributed by atoms with Crippen LogP contribution in [-0.4, -0.2) is 0 Å². The van der Waals surface area contributed by atoms with Gasteiger partial charge >= 0.3 is 18.9 Å². The van der Waals surface area contributed by atoms with E-state index in [1.54, 1.807) is 0 Å². The summed E-state index contributed by atoms with van der Waals surface area (Å²) in [6, 6.07) is 19.4. The zero-order chi connectivity index (χ0) is 9.64. The van der Waals surface area contributed by atoms with Crippen LogP contribution in [0.2, 0.25) is 0 Å². The predicted octanol–water partition coefficient (Wildman–Crippen LogP) is 1.22. The molecule has 2 aromatic carbocycles. The fourth-order valence-electron chi connectivity index (χ4n) is 1.10. The van der Waals surface area contributed by atoms with Gasteiger partial charge in [-0.1, -0.05) is 36.4 Å². The Bertz CT molecular complexity index is 376. The monoisotopic (exact) mass is 190 g/mol. The topological polar surface area (TPSA) is 24.7 Å². The summed E-state index contributed by atoms with van der Waals surface area (Å²) in [5.74, 6) is 0. The largest absolute Gasteiger partial charge is 1.00 e. The normalized spacial score (nSPS) is 9.87. The average Bonchev–Trinajstić information content (AvgIpc) is 2.29. The number of nitrogens with zero attached hydrogens (tertiary/aromatic N) is 2. The summed E-state index contributed by atoms with van der Waals surface area (Å²) in [4.78, 5) is 0. The Balaban J connectivity index is 0.00000112. The minimum Gasteiger partial charge on any atom is -1.00 e. The Morgan fingerprint density at radius 1 is 0.600 bits per heavy atom. The van der Waals surface area contributed by atoms with Crippen molar-refractivity contribution < 1.29 is 20.3 Å². The van der Waals surface area contributed by atoms with Gasteiger partial charge in [0.25, 0.3) is 0 Å². The van der Waals surface area contributed by atoms with Crippen molar-refractivity contribution in [3.63, 3.8) is 0 Å². The maximum absolute atomic E-state index is 4.10. The zero-order valence-corrected chi connectivity index (χ0v) is 8.67. The molecule has 0 unspecified atom stereocenters. The molecule has 0 saturated carbocycles. The molecular formula is C12H11LiN2. The molecule has 0 saturated heterocycles. The summed E-state index contributed by atoms with van der Waals surface area (Å²) in [6.07, 6.45) is 0. The zero-order valence-electron chi connectivity index (χ0n) is 9.67. The van der Waals surface area contributed by atoms with E-state index in [4.69, 9.17) is 0 Å². The van der Waals surface area contributed by atoms with Crippen LogP contribution in [0.1, 0.15) is 1.43 Å². The minimum absolute atomic E-state index is 0. The second-order valence-electron chi connectivity index (χ2n) is 2.87. The Kier molecular flexibility index (Phi) is 4.83. The van der Waals surface area contributed by atoms with Crippen molar-refractivity contribution in [1.82, 2.24) is 0 Å². The number of hydrogen-bond donors (Lipinski definition) is 0. The smallest absolute Gasteiger partial charge is 1.00 e. The van der Waals surface area contributed by atoms with Crippen molar-refractivity contribution in [1.29, 1.82) is 0 Å². The molecular weight excluding hydrogens is 179 g/mol. The summed E-state index contributed by atoms with van der Waals surface area (Å²) in [7, 11) is 0. The average molecular weight is 190 g/mol. The van der Waals surface area contributed by atoms with Gasteiger partial charge < -0.3 is 1.43 Å². The van der Waals surface area contributed by atoms with Gasteiger partial charge in [-0.05, 0) is 24.3 Å². The minimum atomic E-state index is 0. The maximum Gasteiger partial charge on any atom is 1.00 e. The molecule has 0 aliphatic heterocycles. The number of azo groups is 1. The van der Waals surface area contributed by atoms with Crippen molar-refractivity contribution >= 4 is 11.4 Å². The second kappa shape index (κ2) is 6.18. The van der Waals surface area contributed by atoms with Gasteiger partial charge in [0.05, 0.1) is 11.4 Å². The maximum atomic E-state index is 4.10. The van der Waals surface area contributed by atoms with Crippen LogP contribution in [0.15, 0.2) is 70.9 Å². The molecule has 0 bridgehead atoms. The van der Waals surface area contributed by atoms with E-state index < -0.39 is 0 Å². The van der Waals surface area contributed by atoms with E-state index in [0.29, 0.717) is 0 Å². The fraction of sp³-hybridized carbons (Fsp3) is 0. The molecule has 0 N–H and O–H groups in total. The Labute approximate surface area is 103 Å². The van der Waals surface area contributed by atoms with Gasteiger partial charge in [0.2, 0.25) is 0 Å². The van der Waals surface area contributed by atoms with Crippen molar-refractivity contribution in [2.24, 2.45) is 10.2 Å². The number of hydrogen-bond acceptors (Lipinski definition) is 2. The first-order valence-electron chi connectivity index (χ1n) is 4.47. The van der Waals surface area contributed by atoms with Crippen LogP contribution in [0.25, 0.3) is 0 Å². The van der Waals surface area contributed by atoms with Gasteiger partial charge in [-0.2, -0.15) is 10.2 Å². The predicted molar refractivity (Wildman–Crippen MR) is 58.2 cm³/mol. The van der Waals surface area contributed by atoms with Crippen molar-refractivity contribution in [2.45, 2.75) is 0 Å². The first-order valence-corrected chi connectivity index (χ1v) is 4.47. The molecule has 0 aliphatic carbocycles. The second-order valence-corrected chi connectivity index (χ2v) is 2.87. The number of rotatable bonds is 2. The molecule has 0 spiro atoms. The van der Waals surface area contributed by atoms with Gasteiger partial charge in [-0.25, -0.2) is 0 Å². The molecule has 0 heterocycles. The van der Waals surface area contributed by atoms with Crippen LogP contribution in [0.4, 0.5) is 11.4 Å². The molecule has 2 aromatic rings. The van der Waals surface area contributed by atoms with Gasteiger partial charge in [0.1, 0.15) is 0 Å². The molecule has 70 valence electrons. The molecule has 0 amide bonds. The molecule has 0 radical (unpaired) electrons. The van der Waals surface area contributed by atoms with E-state index in [2.05, 4.69) is 10.2 Å². The Morgan fingerprint density at radius 2 is 0.933 bits per heavy atom. The summed E-state index contributed by atoms with van der Waals surface area (Å²) in [5.41, 5.74) is 1.74. The molecule has 2 rings (SSSR count). The van der Waals surface area contributed by atoms with Gasteiger partial charge in [-0.3, -0.25) is 0 Å². The third kappa shape index (κ3) is 3.71. The van der Waals surface area contributed by atoms with E-state index in [9.17, 15) is 0 Å². The Morgan fingerprint density at radius 3 is 1.27 bits per heavy atom. The van der Waals surface area contributed by atoms with Crippen LogP contribution < -0.4 is 18.9 Å². The third-order valence-electron chi connectivity index (χ3n) is 1.79. The SMILES string of the molecule is [H-].[Li+].c1ccc(N=Nc2ccccc2)cc1. The van der Waals surface area contributed by atoms with E-state index in [-0.39, 0.29) is 20.3 Å². The van der Waals surface area contributed by atoms with Crippen LogP contribution in [0.3, 0.4) is 0 Å². The Hall–Kier alpha value is -1.36. The summed E-state index contributed by atoms with van der Waals surface area (Å²) in [6.45, 7) is 0. The van der Waals surface area contributed by atoms with E-state index >= 15 is 0 Å². The molecule has 0 aromatic heterocycles. The van der Waals surface area contributed by atoms with Gasteiger partial charge in [-0.15, -0.1) is 0 Å². The molecule has 2 nitrogen and oxygen atoms in total. The van der Waals surface area contributed by atoms with Crippen molar-refractivity contribution in [3.8, 4) is 0 Å². The van der Waals surface area contributed by atoms with E-state index in [1.165, 1.54) is 0 Å². The van der Waals surface area contributed by atoms with Crippen molar-refractivity contribution in [2.75, 3.05) is 0 Å². The fourth-order valence-corrected chi connectivity index (χ4v) is 1.10. The van der Waals surface area contributed by atoms with Gasteiger partial charge in [0, 0.05) is 0 Å². The molecule has 0 aliphatic rings. The summed E-state index contributed by atoms with van der Waals surface area (Å²) >= 11 is 0. The first-order chi connectivity index (χ1) is 6.95. The van der Waals surface area contributed by atoms with Crippen LogP contribution in [0.5, 0.6) is 0 Å². The summed E-state index contributed by atoms with van der Waals surface area (Å²) in [5, 5.41) is 8.20. The standard InChI is InChI=1S/C12H10N2.Li.H/c1-3-7-11(8-4-1)13-14-12-9-5-2-6-10-12;;/h1-10H;;/q;+1;-1. The molecule has 15 heavy (non-hydrogen) atoms. The first kappa shape index (κ1) is 11.7. The molecule has 3 heteroatoms.